The first-order valence-corrected chi connectivity index (χ1v) is 5.19. The van der Waals surface area contributed by atoms with E-state index in [0.29, 0.717) is 10.7 Å². The quantitative estimate of drug-likeness (QED) is 0.706. The van der Waals surface area contributed by atoms with E-state index in [9.17, 15) is 0 Å². The minimum atomic E-state index is 0.244. The van der Waals surface area contributed by atoms with Crippen molar-refractivity contribution in [1.82, 2.24) is 9.97 Å². The van der Waals surface area contributed by atoms with Crippen LogP contribution in [0.3, 0.4) is 0 Å². The summed E-state index contributed by atoms with van der Waals surface area (Å²) in [6, 6.07) is 1.97. The van der Waals surface area contributed by atoms with Gasteiger partial charge < -0.3 is 0 Å². The fourth-order valence-corrected chi connectivity index (χ4v) is 1.36. The molecule has 1 atom stereocenters. The Morgan fingerprint density at radius 1 is 1.38 bits per heavy atom. The van der Waals surface area contributed by atoms with E-state index < -0.39 is 0 Å². The van der Waals surface area contributed by atoms with Crippen molar-refractivity contribution < 1.29 is 0 Å². The first-order chi connectivity index (χ1) is 5.91. The van der Waals surface area contributed by atoms with Gasteiger partial charge in [0.15, 0.2) is 4.73 Å². The van der Waals surface area contributed by atoms with E-state index in [1.807, 2.05) is 6.07 Å². The van der Waals surface area contributed by atoms with Crippen LogP contribution in [0.5, 0.6) is 0 Å². The molecule has 72 valence electrons. The van der Waals surface area contributed by atoms with Crippen LogP contribution in [-0.4, -0.2) is 9.97 Å². The number of rotatable bonds is 1. The molecule has 3 heteroatoms. The highest BCUT2D eigenvalue weighted by Gasteiger charge is 2.22. The fraction of sp³-hybridized carbons (Fsp3) is 0.600. The maximum absolute atomic E-state index is 4.35. The van der Waals surface area contributed by atoms with Crippen LogP contribution in [0, 0.1) is 5.41 Å². The van der Waals surface area contributed by atoms with Crippen LogP contribution >= 0.6 is 15.9 Å². The molecule has 1 aromatic heterocycles. The van der Waals surface area contributed by atoms with Gasteiger partial charge in [-0.1, -0.05) is 27.7 Å². The summed E-state index contributed by atoms with van der Waals surface area (Å²) in [6.45, 7) is 8.84. The van der Waals surface area contributed by atoms with Crippen LogP contribution in [0.15, 0.2) is 17.0 Å². The van der Waals surface area contributed by atoms with Crippen LogP contribution in [0.25, 0.3) is 0 Å². The lowest BCUT2D eigenvalue weighted by Crippen LogP contribution is -2.16. The van der Waals surface area contributed by atoms with Crippen LogP contribution in [0.2, 0.25) is 0 Å². The van der Waals surface area contributed by atoms with E-state index in [0.717, 1.165) is 5.69 Å². The van der Waals surface area contributed by atoms with Crippen LogP contribution in [0.1, 0.15) is 39.3 Å². The molecule has 1 aromatic rings. The molecule has 0 aliphatic rings. The molecule has 0 aliphatic heterocycles. The van der Waals surface area contributed by atoms with Gasteiger partial charge in [0.1, 0.15) is 0 Å². The molecule has 13 heavy (non-hydrogen) atoms. The standard InChI is InChI=1S/C10H15BrN2/c1-7(10(2,3)4)8-5-6-12-9(11)13-8/h5-7H,1-4H3. The van der Waals surface area contributed by atoms with Crippen molar-refractivity contribution in [2.24, 2.45) is 5.41 Å². The van der Waals surface area contributed by atoms with Gasteiger partial charge in [-0.15, -0.1) is 0 Å². The van der Waals surface area contributed by atoms with E-state index in [1.165, 1.54) is 0 Å². The Labute approximate surface area is 87.9 Å². The molecule has 0 aromatic carbocycles. The molecule has 2 nitrogen and oxygen atoms in total. The summed E-state index contributed by atoms with van der Waals surface area (Å²) < 4.78 is 0.668. The molecule has 0 N–H and O–H groups in total. The minimum Gasteiger partial charge on any atom is -0.231 e. The molecule has 0 fully saturated rings. The molecule has 1 unspecified atom stereocenters. The highest BCUT2D eigenvalue weighted by molar-refractivity contribution is 9.10. The van der Waals surface area contributed by atoms with Gasteiger partial charge >= 0.3 is 0 Å². The van der Waals surface area contributed by atoms with Crippen molar-refractivity contribution in [1.29, 1.82) is 0 Å². The number of aromatic nitrogens is 2. The highest BCUT2D eigenvalue weighted by atomic mass is 79.9. The topological polar surface area (TPSA) is 25.8 Å². The second kappa shape index (κ2) is 3.74. The summed E-state index contributed by atoms with van der Waals surface area (Å²) in [5.74, 6) is 0.437. The average molecular weight is 243 g/mol. The second-order valence-electron chi connectivity index (χ2n) is 4.34. The lowest BCUT2D eigenvalue weighted by Gasteiger charge is -2.26. The average Bonchev–Trinajstić information content (AvgIpc) is 2.01. The second-order valence-corrected chi connectivity index (χ2v) is 5.05. The molecule has 1 heterocycles. The SMILES string of the molecule is CC(c1ccnc(Br)n1)C(C)(C)C. The van der Waals surface area contributed by atoms with E-state index >= 15 is 0 Å². The lowest BCUT2D eigenvalue weighted by atomic mass is 9.80. The Bertz CT molecular complexity index is 291. The third kappa shape index (κ3) is 2.76. The van der Waals surface area contributed by atoms with Crippen LogP contribution < -0.4 is 0 Å². The first-order valence-electron chi connectivity index (χ1n) is 4.39. The van der Waals surface area contributed by atoms with Gasteiger partial charge in [-0.3, -0.25) is 0 Å². The molecular weight excluding hydrogens is 228 g/mol. The van der Waals surface area contributed by atoms with Crippen molar-refractivity contribution in [3.63, 3.8) is 0 Å². The van der Waals surface area contributed by atoms with E-state index in [-0.39, 0.29) is 5.41 Å². The molecule has 0 saturated heterocycles. The van der Waals surface area contributed by atoms with Gasteiger partial charge in [0.25, 0.3) is 0 Å². The molecule has 0 aliphatic carbocycles. The predicted octanol–water partition coefficient (Wildman–Crippen LogP) is 3.39. The number of nitrogens with zero attached hydrogens (tertiary/aromatic N) is 2. The third-order valence-electron chi connectivity index (χ3n) is 2.39. The molecule has 0 amide bonds. The Hall–Kier alpha value is -0.440. The van der Waals surface area contributed by atoms with Crippen molar-refractivity contribution in [3.05, 3.63) is 22.7 Å². The van der Waals surface area contributed by atoms with Gasteiger partial charge in [-0.2, -0.15) is 0 Å². The van der Waals surface area contributed by atoms with Gasteiger partial charge in [-0.05, 0) is 27.4 Å². The number of hydrogen-bond acceptors (Lipinski definition) is 2. The molecule has 0 bridgehead atoms. The van der Waals surface area contributed by atoms with Crippen LogP contribution in [-0.2, 0) is 0 Å². The van der Waals surface area contributed by atoms with Gasteiger partial charge in [-0.25, -0.2) is 9.97 Å². The zero-order chi connectivity index (χ0) is 10.1. The molecule has 1 rings (SSSR count). The van der Waals surface area contributed by atoms with Gasteiger partial charge in [0, 0.05) is 17.8 Å². The Kier molecular flexibility index (Phi) is 3.06. The van der Waals surface area contributed by atoms with Gasteiger partial charge in [0.05, 0.1) is 0 Å². The molecule has 0 spiro atoms. The molecular formula is C10H15BrN2. The normalized spacial score (nSPS) is 14.2. The number of hydrogen-bond donors (Lipinski definition) is 0. The molecule has 0 saturated carbocycles. The zero-order valence-corrected chi connectivity index (χ0v) is 10.1. The van der Waals surface area contributed by atoms with Crippen molar-refractivity contribution >= 4 is 15.9 Å². The van der Waals surface area contributed by atoms with Gasteiger partial charge in [0.2, 0.25) is 0 Å². The summed E-state index contributed by atoms with van der Waals surface area (Å²) in [4.78, 5) is 8.35. The van der Waals surface area contributed by atoms with Crippen molar-refractivity contribution in [2.45, 2.75) is 33.6 Å². The predicted molar refractivity (Wildman–Crippen MR) is 57.6 cm³/mol. The summed E-state index contributed by atoms with van der Waals surface area (Å²) in [5.41, 5.74) is 1.34. The van der Waals surface area contributed by atoms with E-state index in [4.69, 9.17) is 0 Å². The highest BCUT2D eigenvalue weighted by Crippen LogP contribution is 2.33. The van der Waals surface area contributed by atoms with Crippen molar-refractivity contribution in [2.75, 3.05) is 0 Å². The monoisotopic (exact) mass is 242 g/mol. The Balaban J connectivity index is 2.96. The third-order valence-corrected chi connectivity index (χ3v) is 2.77. The first kappa shape index (κ1) is 10.6. The molecule has 0 radical (unpaired) electrons. The Morgan fingerprint density at radius 2 is 2.00 bits per heavy atom. The fourth-order valence-electron chi connectivity index (χ4n) is 1.03. The maximum atomic E-state index is 4.35. The lowest BCUT2D eigenvalue weighted by molar-refractivity contribution is 0.333. The smallest absolute Gasteiger partial charge is 0.196 e. The Morgan fingerprint density at radius 3 is 2.46 bits per heavy atom. The number of halogens is 1. The maximum Gasteiger partial charge on any atom is 0.196 e. The zero-order valence-electron chi connectivity index (χ0n) is 8.50. The minimum absolute atomic E-state index is 0.244. The summed E-state index contributed by atoms with van der Waals surface area (Å²) >= 11 is 3.27. The van der Waals surface area contributed by atoms with E-state index in [2.05, 4.69) is 53.6 Å². The van der Waals surface area contributed by atoms with E-state index in [1.54, 1.807) is 6.20 Å². The summed E-state index contributed by atoms with van der Waals surface area (Å²) in [6.07, 6.45) is 1.79. The summed E-state index contributed by atoms with van der Waals surface area (Å²) in [5, 5.41) is 0. The van der Waals surface area contributed by atoms with Crippen molar-refractivity contribution in [3.8, 4) is 0 Å². The van der Waals surface area contributed by atoms with Crippen LogP contribution in [0.4, 0.5) is 0 Å². The summed E-state index contributed by atoms with van der Waals surface area (Å²) in [7, 11) is 0. The largest absolute Gasteiger partial charge is 0.231 e.